The predicted octanol–water partition coefficient (Wildman–Crippen LogP) is 4.86. The number of likely N-dealkylation sites (tertiary alicyclic amines) is 1. The van der Waals surface area contributed by atoms with Crippen molar-refractivity contribution in [3.8, 4) is 23.0 Å². The van der Waals surface area contributed by atoms with E-state index in [9.17, 15) is 4.79 Å². The number of nitrogens with one attached hydrogen (secondary N) is 1. The summed E-state index contributed by atoms with van der Waals surface area (Å²) in [5, 5.41) is 3.12. The van der Waals surface area contributed by atoms with E-state index in [1.165, 1.54) is 0 Å². The second-order valence-electron chi connectivity index (χ2n) is 8.73. The second kappa shape index (κ2) is 12.3. The van der Waals surface area contributed by atoms with Crippen LogP contribution in [0.2, 0.25) is 0 Å². The lowest BCUT2D eigenvalue weighted by atomic mass is 10.0. The van der Waals surface area contributed by atoms with E-state index in [0.717, 1.165) is 42.8 Å². The lowest BCUT2D eigenvalue weighted by Gasteiger charge is -2.28. The molecule has 0 bridgehead atoms. The molecule has 1 aliphatic rings. The number of ether oxygens (including phenoxy) is 4. The molecular formula is C29H34N2O5. The standard InChI is InChI=1S/C29H34N2O5/c1-33-24-13-9-12-22(16-24)25(31-14-7-8-15-31)19-30-29(32)23-17-26(34-2)28(27(18-23)35-3)36-20-21-10-5-4-6-11-21/h4-6,9-13,16-18,25H,7-8,14-15,19-20H2,1-3H3,(H,30,32)/t25-/m0/s1. The lowest BCUT2D eigenvalue weighted by Crippen LogP contribution is -2.36. The van der Waals surface area contributed by atoms with E-state index in [-0.39, 0.29) is 11.9 Å². The molecule has 3 aromatic rings. The van der Waals surface area contributed by atoms with Gasteiger partial charge in [0.1, 0.15) is 12.4 Å². The molecule has 190 valence electrons. The smallest absolute Gasteiger partial charge is 0.251 e. The highest BCUT2D eigenvalue weighted by Gasteiger charge is 2.25. The Morgan fingerprint density at radius 3 is 2.22 bits per heavy atom. The van der Waals surface area contributed by atoms with Crippen LogP contribution in [0.4, 0.5) is 0 Å². The van der Waals surface area contributed by atoms with Gasteiger partial charge in [-0.05, 0) is 61.3 Å². The summed E-state index contributed by atoms with van der Waals surface area (Å²) in [6, 6.07) is 21.3. The molecule has 3 aromatic carbocycles. The van der Waals surface area contributed by atoms with Gasteiger partial charge >= 0.3 is 0 Å². The first kappa shape index (κ1) is 25.4. The van der Waals surface area contributed by atoms with Gasteiger partial charge in [-0.15, -0.1) is 0 Å². The average molecular weight is 491 g/mol. The van der Waals surface area contributed by atoms with Crippen LogP contribution in [-0.4, -0.2) is 51.8 Å². The van der Waals surface area contributed by atoms with Crippen molar-refractivity contribution in [3.63, 3.8) is 0 Å². The summed E-state index contributed by atoms with van der Waals surface area (Å²) in [4.78, 5) is 15.7. The van der Waals surface area contributed by atoms with Crippen LogP contribution >= 0.6 is 0 Å². The van der Waals surface area contributed by atoms with E-state index in [0.29, 0.717) is 36.0 Å². The first-order chi connectivity index (χ1) is 17.6. The van der Waals surface area contributed by atoms with E-state index < -0.39 is 0 Å². The molecule has 7 heteroatoms. The Kier molecular flexibility index (Phi) is 8.68. The molecule has 1 atom stereocenters. The Labute approximate surface area is 212 Å². The van der Waals surface area contributed by atoms with Gasteiger partial charge in [-0.1, -0.05) is 42.5 Å². The van der Waals surface area contributed by atoms with Gasteiger partial charge < -0.3 is 24.3 Å². The molecule has 1 saturated heterocycles. The molecular weight excluding hydrogens is 456 g/mol. The van der Waals surface area contributed by atoms with Crippen molar-refractivity contribution in [2.24, 2.45) is 0 Å². The second-order valence-corrected chi connectivity index (χ2v) is 8.73. The SMILES string of the molecule is COc1cccc([C@H](CNC(=O)c2cc(OC)c(OCc3ccccc3)c(OC)c2)N2CCCC2)c1. The topological polar surface area (TPSA) is 69.3 Å². The van der Waals surface area contributed by atoms with Gasteiger partial charge in [0.05, 0.1) is 27.4 Å². The maximum absolute atomic E-state index is 13.2. The van der Waals surface area contributed by atoms with E-state index in [1.54, 1.807) is 33.5 Å². The Balaban J connectivity index is 1.51. The molecule has 1 aliphatic heterocycles. The fraction of sp³-hybridized carbons (Fsp3) is 0.345. The summed E-state index contributed by atoms with van der Waals surface area (Å²) in [5.41, 5.74) is 2.59. The van der Waals surface area contributed by atoms with E-state index >= 15 is 0 Å². The molecule has 0 unspecified atom stereocenters. The quantitative estimate of drug-likeness (QED) is 0.414. The number of carbonyl (C=O) groups excluding carboxylic acids is 1. The van der Waals surface area contributed by atoms with Gasteiger partial charge in [0.2, 0.25) is 5.75 Å². The first-order valence-electron chi connectivity index (χ1n) is 12.2. The summed E-state index contributed by atoms with van der Waals surface area (Å²) in [5.74, 6) is 1.96. The monoisotopic (exact) mass is 490 g/mol. The van der Waals surface area contributed by atoms with Gasteiger partial charge in [0.25, 0.3) is 5.91 Å². The molecule has 4 rings (SSSR count). The largest absolute Gasteiger partial charge is 0.497 e. The van der Waals surface area contributed by atoms with Crippen molar-refractivity contribution in [2.45, 2.75) is 25.5 Å². The Hall–Kier alpha value is -3.71. The highest BCUT2D eigenvalue weighted by molar-refractivity contribution is 5.95. The van der Waals surface area contributed by atoms with Crippen LogP contribution in [0, 0.1) is 0 Å². The number of carbonyl (C=O) groups is 1. The minimum atomic E-state index is -0.201. The summed E-state index contributed by atoms with van der Waals surface area (Å²) in [6.45, 7) is 2.85. The van der Waals surface area contributed by atoms with E-state index in [1.807, 2.05) is 48.5 Å². The van der Waals surface area contributed by atoms with E-state index in [2.05, 4.69) is 16.3 Å². The fourth-order valence-corrected chi connectivity index (χ4v) is 4.53. The molecule has 36 heavy (non-hydrogen) atoms. The molecule has 0 saturated carbocycles. The van der Waals surface area contributed by atoms with Crippen molar-refractivity contribution in [1.82, 2.24) is 10.2 Å². The van der Waals surface area contributed by atoms with Crippen LogP contribution in [0.25, 0.3) is 0 Å². The lowest BCUT2D eigenvalue weighted by molar-refractivity contribution is 0.0937. The fourth-order valence-electron chi connectivity index (χ4n) is 4.53. The maximum atomic E-state index is 13.2. The highest BCUT2D eigenvalue weighted by Crippen LogP contribution is 2.39. The van der Waals surface area contributed by atoms with Crippen molar-refractivity contribution in [3.05, 3.63) is 83.4 Å². The van der Waals surface area contributed by atoms with Crippen LogP contribution in [0.5, 0.6) is 23.0 Å². The molecule has 7 nitrogen and oxygen atoms in total. The van der Waals surface area contributed by atoms with Crippen LogP contribution < -0.4 is 24.3 Å². The van der Waals surface area contributed by atoms with Gasteiger partial charge in [0.15, 0.2) is 11.5 Å². The third-order valence-electron chi connectivity index (χ3n) is 6.46. The minimum absolute atomic E-state index is 0.0591. The van der Waals surface area contributed by atoms with Gasteiger partial charge in [-0.2, -0.15) is 0 Å². The van der Waals surface area contributed by atoms with Gasteiger partial charge in [-0.3, -0.25) is 9.69 Å². The van der Waals surface area contributed by atoms with Crippen LogP contribution in [0.1, 0.15) is 40.4 Å². The summed E-state index contributed by atoms with van der Waals surface area (Å²) in [6.07, 6.45) is 2.32. The van der Waals surface area contributed by atoms with Crippen LogP contribution in [0.15, 0.2) is 66.7 Å². The van der Waals surface area contributed by atoms with Crippen molar-refractivity contribution in [2.75, 3.05) is 41.0 Å². The summed E-state index contributed by atoms with van der Waals surface area (Å²) in [7, 11) is 4.77. The molecule has 1 N–H and O–H groups in total. The van der Waals surface area contributed by atoms with Gasteiger partial charge in [-0.25, -0.2) is 0 Å². The van der Waals surface area contributed by atoms with Crippen LogP contribution in [-0.2, 0) is 6.61 Å². The summed E-state index contributed by atoms with van der Waals surface area (Å²) < 4.78 is 22.6. The number of nitrogens with zero attached hydrogens (tertiary/aromatic N) is 1. The number of benzene rings is 3. The number of hydrogen-bond donors (Lipinski definition) is 1. The number of rotatable bonds is 11. The van der Waals surface area contributed by atoms with E-state index in [4.69, 9.17) is 18.9 Å². The van der Waals surface area contributed by atoms with Crippen molar-refractivity contribution in [1.29, 1.82) is 0 Å². The third-order valence-corrected chi connectivity index (χ3v) is 6.46. The Morgan fingerprint density at radius 2 is 1.58 bits per heavy atom. The van der Waals surface area contributed by atoms with Gasteiger partial charge in [0, 0.05) is 12.1 Å². The molecule has 0 radical (unpaired) electrons. The first-order valence-corrected chi connectivity index (χ1v) is 12.2. The normalized spacial score (nSPS) is 14.2. The van der Waals surface area contributed by atoms with Crippen LogP contribution in [0.3, 0.4) is 0 Å². The zero-order chi connectivity index (χ0) is 25.3. The molecule has 0 spiro atoms. The predicted molar refractivity (Wildman–Crippen MR) is 139 cm³/mol. The Morgan fingerprint density at radius 1 is 0.889 bits per heavy atom. The zero-order valence-corrected chi connectivity index (χ0v) is 21.2. The molecule has 1 heterocycles. The van der Waals surface area contributed by atoms with Crippen molar-refractivity contribution >= 4 is 5.91 Å². The minimum Gasteiger partial charge on any atom is -0.497 e. The maximum Gasteiger partial charge on any atom is 0.251 e. The Bertz CT molecular complexity index is 1120. The molecule has 0 aromatic heterocycles. The number of methoxy groups -OCH3 is 3. The molecule has 1 amide bonds. The molecule has 1 fully saturated rings. The average Bonchev–Trinajstić information content (AvgIpc) is 3.46. The number of amides is 1. The van der Waals surface area contributed by atoms with Crippen molar-refractivity contribution < 1.29 is 23.7 Å². The summed E-state index contributed by atoms with van der Waals surface area (Å²) >= 11 is 0. The zero-order valence-electron chi connectivity index (χ0n) is 21.2. The molecule has 0 aliphatic carbocycles. The third kappa shape index (κ3) is 6.10. The number of hydrogen-bond acceptors (Lipinski definition) is 6. The highest BCUT2D eigenvalue weighted by atomic mass is 16.5.